The average Bonchev–Trinajstić information content (AvgIpc) is 2.82. The number of hydrogen-bond acceptors (Lipinski definition) is 6. The molecule has 34 heavy (non-hydrogen) atoms. The third-order valence-electron chi connectivity index (χ3n) is 7.36. The molecule has 3 fully saturated rings. The molecular formula is C27H44N4O3. The number of ether oxygens (including phenoxy) is 2. The second kappa shape index (κ2) is 11.3. The number of amides is 1. The number of benzene rings is 1. The topological polar surface area (TPSA) is 48.5 Å². The number of carbonyl (C=O) groups is 1. The zero-order valence-corrected chi connectivity index (χ0v) is 21.7. The number of piperazine rings is 2. The molecule has 0 radical (unpaired) electrons. The van der Waals surface area contributed by atoms with E-state index < -0.39 is 5.60 Å². The minimum atomic E-state index is -0.440. The monoisotopic (exact) mass is 472 g/mol. The lowest BCUT2D eigenvalue weighted by Gasteiger charge is -2.46. The first-order valence-electron chi connectivity index (χ1n) is 13.2. The van der Waals surface area contributed by atoms with Crippen molar-refractivity contribution in [2.45, 2.75) is 58.7 Å². The lowest BCUT2D eigenvalue weighted by Crippen LogP contribution is -2.58. The molecule has 3 aliphatic rings. The van der Waals surface area contributed by atoms with Gasteiger partial charge in [-0.25, -0.2) is 4.79 Å². The van der Waals surface area contributed by atoms with Crippen LogP contribution in [0.15, 0.2) is 24.3 Å². The molecule has 3 heterocycles. The molecule has 4 rings (SSSR count). The van der Waals surface area contributed by atoms with Gasteiger partial charge in [0.1, 0.15) is 11.4 Å². The number of rotatable bonds is 6. The van der Waals surface area contributed by atoms with Gasteiger partial charge in [0.15, 0.2) is 0 Å². The number of nitrogens with zero attached hydrogens (tertiary/aromatic N) is 4. The lowest BCUT2D eigenvalue weighted by molar-refractivity contribution is -0.0122. The number of likely N-dealkylation sites (N-methyl/N-ethyl adjacent to an activating group) is 1. The van der Waals surface area contributed by atoms with Crippen molar-refractivity contribution in [3.8, 4) is 5.75 Å². The summed E-state index contributed by atoms with van der Waals surface area (Å²) in [6.07, 6.45) is 2.08. The van der Waals surface area contributed by atoms with Crippen molar-refractivity contribution in [2.24, 2.45) is 5.92 Å². The Kier molecular flexibility index (Phi) is 8.38. The van der Waals surface area contributed by atoms with Crippen LogP contribution in [0.25, 0.3) is 0 Å². The van der Waals surface area contributed by atoms with Crippen LogP contribution in [0.3, 0.4) is 0 Å². The van der Waals surface area contributed by atoms with E-state index in [1.165, 1.54) is 18.7 Å². The fourth-order valence-corrected chi connectivity index (χ4v) is 5.36. The molecule has 7 nitrogen and oxygen atoms in total. The Morgan fingerprint density at radius 2 is 1.76 bits per heavy atom. The molecule has 0 spiro atoms. The first-order valence-corrected chi connectivity index (χ1v) is 13.2. The minimum absolute atomic E-state index is 0.176. The van der Waals surface area contributed by atoms with E-state index in [0.717, 1.165) is 77.6 Å². The number of piperidine rings is 1. The summed E-state index contributed by atoms with van der Waals surface area (Å²) in [4.78, 5) is 21.9. The van der Waals surface area contributed by atoms with Crippen molar-refractivity contribution in [1.29, 1.82) is 0 Å². The largest absolute Gasteiger partial charge is 0.493 e. The highest BCUT2D eigenvalue weighted by Crippen LogP contribution is 2.27. The summed E-state index contributed by atoms with van der Waals surface area (Å²) < 4.78 is 11.8. The number of hydrogen-bond donors (Lipinski definition) is 0. The smallest absolute Gasteiger partial charge is 0.410 e. The predicted molar refractivity (Wildman–Crippen MR) is 135 cm³/mol. The predicted octanol–water partition coefficient (Wildman–Crippen LogP) is 3.53. The van der Waals surface area contributed by atoms with E-state index in [4.69, 9.17) is 9.47 Å². The fourth-order valence-electron chi connectivity index (χ4n) is 5.36. The van der Waals surface area contributed by atoms with E-state index in [1.54, 1.807) is 0 Å². The molecule has 2 atom stereocenters. The standard InChI is InChI=1S/C27H44N4O3/c1-5-28-11-13-29(14-12-28)18-22-7-6-8-25(17-22)33-21-23-9-10-24-20-31(16-15-30(24)19-23)26(32)34-27(2,3)4/h6-8,17,23-24H,5,9-16,18-21H2,1-4H3. The van der Waals surface area contributed by atoms with Gasteiger partial charge in [0.05, 0.1) is 6.61 Å². The molecule has 3 aliphatic heterocycles. The zero-order valence-electron chi connectivity index (χ0n) is 21.7. The van der Waals surface area contributed by atoms with Crippen LogP contribution in [0, 0.1) is 5.92 Å². The van der Waals surface area contributed by atoms with Gasteiger partial charge in [-0.3, -0.25) is 9.80 Å². The molecule has 0 saturated carbocycles. The highest BCUT2D eigenvalue weighted by Gasteiger charge is 2.36. The van der Waals surface area contributed by atoms with Crippen molar-refractivity contribution >= 4 is 6.09 Å². The van der Waals surface area contributed by atoms with E-state index in [0.29, 0.717) is 12.0 Å². The fraction of sp³-hybridized carbons (Fsp3) is 0.741. The molecule has 1 aromatic carbocycles. The van der Waals surface area contributed by atoms with Gasteiger partial charge in [0, 0.05) is 70.9 Å². The van der Waals surface area contributed by atoms with Crippen LogP contribution in [0.4, 0.5) is 4.79 Å². The minimum Gasteiger partial charge on any atom is -0.493 e. The van der Waals surface area contributed by atoms with Crippen LogP contribution in [0.2, 0.25) is 0 Å². The first-order chi connectivity index (χ1) is 16.3. The summed E-state index contributed by atoms with van der Waals surface area (Å²) in [5.41, 5.74) is 0.898. The zero-order chi connectivity index (χ0) is 24.1. The highest BCUT2D eigenvalue weighted by atomic mass is 16.6. The van der Waals surface area contributed by atoms with Gasteiger partial charge in [-0.1, -0.05) is 19.1 Å². The molecule has 0 aromatic heterocycles. The van der Waals surface area contributed by atoms with Crippen molar-refractivity contribution in [3.63, 3.8) is 0 Å². The van der Waals surface area contributed by atoms with Crippen molar-refractivity contribution < 1.29 is 14.3 Å². The molecule has 7 heteroatoms. The summed E-state index contributed by atoms with van der Waals surface area (Å²) in [7, 11) is 0. The van der Waals surface area contributed by atoms with Crippen LogP contribution in [-0.2, 0) is 11.3 Å². The van der Waals surface area contributed by atoms with Gasteiger partial charge in [-0.15, -0.1) is 0 Å². The quantitative estimate of drug-likeness (QED) is 0.631. The SMILES string of the molecule is CCN1CCN(Cc2cccc(OCC3CCC4CN(C(=O)OC(C)(C)C)CCN4C3)c2)CC1. The third kappa shape index (κ3) is 7.09. The van der Waals surface area contributed by atoms with E-state index in [-0.39, 0.29) is 6.09 Å². The van der Waals surface area contributed by atoms with Crippen LogP contribution in [0.5, 0.6) is 5.75 Å². The Morgan fingerprint density at radius 3 is 2.50 bits per heavy atom. The Balaban J connectivity index is 1.21. The molecule has 190 valence electrons. The summed E-state index contributed by atoms with van der Waals surface area (Å²) in [5.74, 6) is 1.52. The molecule has 1 amide bonds. The second-order valence-corrected chi connectivity index (χ2v) is 11.2. The first kappa shape index (κ1) is 25.3. The van der Waals surface area contributed by atoms with Gasteiger partial charge in [0.2, 0.25) is 0 Å². The number of carbonyl (C=O) groups excluding carboxylic acids is 1. The van der Waals surface area contributed by atoms with Crippen LogP contribution >= 0.6 is 0 Å². The van der Waals surface area contributed by atoms with Gasteiger partial charge in [-0.05, 0) is 57.9 Å². The normalized spacial score (nSPS) is 25.1. The van der Waals surface area contributed by atoms with Crippen LogP contribution in [0.1, 0.15) is 46.1 Å². The van der Waals surface area contributed by atoms with E-state index >= 15 is 0 Å². The maximum Gasteiger partial charge on any atom is 0.410 e. The molecule has 1 aromatic rings. The molecule has 3 saturated heterocycles. The van der Waals surface area contributed by atoms with E-state index in [2.05, 4.69) is 45.9 Å². The maximum atomic E-state index is 12.5. The Morgan fingerprint density at radius 1 is 1.00 bits per heavy atom. The summed E-state index contributed by atoms with van der Waals surface area (Å²) in [6.45, 7) is 19.0. The van der Waals surface area contributed by atoms with Gasteiger partial charge in [-0.2, -0.15) is 0 Å². The van der Waals surface area contributed by atoms with E-state index in [9.17, 15) is 4.79 Å². The molecule has 2 unspecified atom stereocenters. The van der Waals surface area contributed by atoms with Crippen molar-refractivity contribution in [2.75, 3.05) is 65.5 Å². The molecule has 0 bridgehead atoms. The maximum absolute atomic E-state index is 12.5. The van der Waals surface area contributed by atoms with E-state index in [1.807, 2.05) is 25.7 Å². The summed E-state index contributed by atoms with van der Waals surface area (Å²) >= 11 is 0. The lowest BCUT2D eigenvalue weighted by atomic mass is 9.91. The van der Waals surface area contributed by atoms with Gasteiger partial charge in [0.25, 0.3) is 0 Å². The van der Waals surface area contributed by atoms with Crippen molar-refractivity contribution in [1.82, 2.24) is 19.6 Å². The summed E-state index contributed by atoms with van der Waals surface area (Å²) in [6, 6.07) is 9.09. The van der Waals surface area contributed by atoms with Gasteiger partial charge >= 0.3 is 6.09 Å². The third-order valence-corrected chi connectivity index (χ3v) is 7.36. The van der Waals surface area contributed by atoms with Crippen molar-refractivity contribution in [3.05, 3.63) is 29.8 Å². The molecular weight excluding hydrogens is 428 g/mol. The molecule has 0 aliphatic carbocycles. The Labute approximate surface area is 206 Å². The van der Waals surface area contributed by atoms with Crippen LogP contribution < -0.4 is 4.74 Å². The van der Waals surface area contributed by atoms with Crippen LogP contribution in [-0.4, -0.2) is 103 Å². The molecule has 0 N–H and O–H groups in total. The second-order valence-electron chi connectivity index (χ2n) is 11.2. The average molecular weight is 473 g/mol. The Bertz CT molecular complexity index is 803. The van der Waals surface area contributed by atoms with Gasteiger partial charge < -0.3 is 19.3 Å². The Hall–Kier alpha value is -1.83. The summed E-state index contributed by atoms with van der Waals surface area (Å²) in [5, 5.41) is 0. The highest BCUT2D eigenvalue weighted by molar-refractivity contribution is 5.68. The number of fused-ring (bicyclic) bond motifs is 1.